The summed E-state index contributed by atoms with van der Waals surface area (Å²) in [5.41, 5.74) is 3.64. The first-order valence-electron chi connectivity index (χ1n) is 8.83. The smallest absolute Gasteiger partial charge is 0.255 e. The summed E-state index contributed by atoms with van der Waals surface area (Å²) in [6, 6.07) is 12.0. The average molecular weight is 415 g/mol. The van der Waals surface area contributed by atoms with E-state index in [0.717, 1.165) is 22.5 Å². The van der Waals surface area contributed by atoms with Gasteiger partial charge in [0, 0.05) is 34.4 Å². The minimum atomic E-state index is -3.30. The predicted octanol–water partition coefficient (Wildman–Crippen LogP) is 4.90. The van der Waals surface area contributed by atoms with Gasteiger partial charge in [-0.1, -0.05) is 26.0 Å². The Morgan fingerprint density at radius 2 is 1.79 bits per heavy atom. The van der Waals surface area contributed by atoms with Crippen molar-refractivity contribution in [1.29, 1.82) is 0 Å². The van der Waals surface area contributed by atoms with Gasteiger partial charge in [0.2, 0.25) is 0 Å². The maximum Gasteiger partial charge on any atom is 0.255 e. The molecule has 1 N–H and O–H groups in total. The van der Waals surface area contributed by atoms with Crippen LogP contribution < -0.4 is 5.32 Å². The highest BCUT2D eigenvalue weighted by Gasteiger charge is 2.14. The molecule has 0 radical (unpaired) electrons. The molecule has 0 fully saturated rings. The first kappa shape index (κ1) is 20.2. The molecule has 0 saturated heterocycles. The zero-order chi connectivity index (χ0) is 20.5. The van der Waals surface area contributed by atoms with Gasteiger partial charge in [-0.25, -0.2) is 13.4 Å². The van der Waals surface area contributed by atoms with Gasteiger partial charge in [0.1, 0.15) is 0 Å². The van der Waals surface area contributed by atoms with Crippen LogP contribution in [0.3, 0.4) is 0 Å². The molecule has 1 heterocycles. The van der Waals surface area contributed by atoms with E-state index in [1.807, 2.05) is 29.6 Å². The average Bonchev–Trinajstić information content (AvgIpc) is 3.12. The van der Waals surface area contributed by atoms with Crippen LogP contribution in [-0.4, -0.2) is 25.6 Å². The summed E-state index contributed by atoms with van der Waals surface area (Å²) in [5, 5.41) is 5.99. The largest absolute Gasteiger partial charge is 0.322 e. The SMILES string of the molecule is Cc1cc(S(C)(=O)=O)ccc1C(=O)Nc1ccc(-c2csc(C(C)C)n2)cc1. The van der Waals surface area contributed by atoms with Crippen LogP contribution in [0.4, 0.5) is 5.69 Å². The summed E-state index contributed by atoms with van der Waals surface area (Å²) in [4.78, 5) is 17.4. The van der Waals surface area contributed by atoms with Crippen molar-refractivity contribution in [3.05, 3.63) is 64.0 Å². The summed E-state index contributed by atoms with van der Waals surface area (Å²) in [6.07, 6.45) is 1.15. The number of thiazole rings is 1. The first-order chi connectivity index (χ1) is 13.1. The Balaban J connectivity index is 1.76. The molecule has 0 saturated carbocycles. The lowest BCUT2D eigenvalue weighted by atomic mass is 10.1. The molecule has 0 aliphatic rings. The molecule has 0 aliphatic heterocycles. The van der Waals surface area contributed by atoms with E-state index in [9.17, 15) is 13.2 Å². The first-order valence-corrected chi connectivity index (χ1v) is 11.6. The van der Waals surface area contributed by atoms with Crippen molar-refractivity contribution in [1.82, 2.24) is 4.98 Å². The van der Waals surface area contributed by atoms with Crippen LogP contribution >= 0.6 is 11.3 Å². The van der Waals surface area contributed by atoms with Crippen LogP contribution in [0.25, 0.3) is 11.3 Å². The molecule has 2 aromatic carbocycles. The number of nitrogens with one attached hydrogen (secondary N) is 1. The Labute approximate surface area is 169 Å². The minimum absolute atomic E-state index is 0.204. The highest BCUT2D eigenvalue weighted by Crippen LogP contribution is 2.27. The van der Waals surface area contributed by atoms with Gasteiger partial charge in [-0.15, -0.1) is 11.3 Å². The Morgan fingerprint density at radius 3 is 2.32 bits per heavy atom. The third kappa shape index (κ3) is 4.48. The summed E-state index contributed by atoms with van der Waals surface area (Å²) in [6.45, 7) is 5.96. The summed E-state index contributed by atoms with van der Waals surface area (Å²) in [5.74, 6) is 0.121. The van der Waals surface area contributed by atoms with Crippen molar-refractivity contribution >= 4 is 32.8 Å². The second-order valence-electron chi connectivity index (χ2n) is 7.01. The predicted molar refractivity (Wildman–Crippen MR) is 114 cm³/mol. The number of rotatable bonds is 5. The van der Waals surface area contributed by atoms with Crippen molar-refractivity contribution in [3.63, 3.8) is 0 Å². The zero-order valence-corrected chi connectivity index (χ0v) is 17.8. The van der Waals surface area contributed by atoms with E-state index < -0.39 is 9.84 Å². The summed E-state index contributed by atoms with van der Waals surface area (Å²) >= 11 is 1.65. The molecule has 28 heavy (non-hydrogen) atoms. The Bertz CT molecular complexity index is 1110. The third-order valence-corrected chi connectivity index (χ3v) is 6.58. The maximum absolute atomic E-state index is 12.6. The highest BCUT2D eigenvalue weighted by molar-refractivity contribution is 7.90. The number of aryl methyl sites for hydroxylation is 1. The van der Waals surface area contributed by atoms with E-state index in [0.29, 0.717) is 22.7 Å². The number of anilines is 1. The lowest BCUT2D eigenvalue weighted by Gasteiger charge is -2.09. The molecule has 0 spiro atoms. The highest BCUT2D eigenvalue weighted by atomic mass is 32.2. The van der Waals surface area contributed by atoms with Gasteiger partial charge in [-0.2, -0.15) is 0 Å². The van der Waals surface area contributed by atoms with Crippen molar-refractivity contribution in [2.45, 2.75) is 31.6 Å². The van der Waals surface area contributed by atoms with Crippen molar-refractivity contribution in [2.24, 2.45) is 0 Å². The molecular weight excluding hydrogens is 392 g/mol. The van der Waals surface area contributed by atoms with Gasteiger partial charge < -0.3 is 5.32 Å². The standard InChI is InChI=1S/C21H22N2O3S2/c1-13(2)21-23-19(12-27-21)15-5-7-16(8-6-15)22-20(24)18-10-9-17(11-14(18)3)28(4,25)26/h5-13H,1-4H3,(H,22,24). The maximum atomic E-state index is 12.6. The van der Waals surface area contributed by atoms with Crippen LogP contribution in [-0.2, 0) is 9.84 Å². The molecule has 0 atom stereocenters. The second kappa shape index (κ2) is 7.85. The Morgan fingerprint density at radius 1 is 1.11 bits per heavy atom. The molecule has 1 amide bonds. The van der Waals surface area contributed by atoms with E-state index >= 15 is 0 Å². The zero-order valence-electron chi connectivity index (χ0n) is 16.2. The van der Waals surface area contributed by atoms with E-state index in [2.05, 4.69) is 24.1 Å². The molecule has 0 aliphatic carbocycles. The number of aromatic nitrogens is 1. The van der Waals surface area contributed by atoms with Gasteiger partial charge in [0.15, 0.2) is 9.84 Å². The van der Waals surface area contributed by atoms with Crippen LogP contribution in [0.1, 0.15) is 40.7 Å². The molecule has 5 nitrogen and oxygen atoms in total. The van der Waals surface area contributed by atoms with E-state index in [1.54, 1.807) is 18.3 Å². The lowest BCUT2D eigenvalue weighted by Crippen LogP contribution is -2.14. The molecule has 3 aromatic rings. The number of sulfone groups is 1. The van der Waals surface area contributed by atoms with Gasteiger partial charge in [-0.3, -0.25) is 4.79 Å². The van der Waals surface area contributed by atoms with E-state index in [-0.39, 0.29) is 10.8 Å². The van der Waals surface area contributed by atoms with Crippen LogP contribution in [0.5, 0.6) is 0 Å². The monoisotopic (exact) mass is 414 g/mol. The van der Waals surface area contributed by atoms with Gasteiger partial charge >= 0.3 is 0 Å². The molecule has 1 aromatic heterocycles. The fourth-order valence-corrected chi connectivity index (χ4v) is 4.28. The van der Waals surface area contributed by atoms with Crippen molar-refractivity contribution in [2.75, 3.05) is 11.6 Å². The Hall–Kier alpha value is -2.51. The molecule has 0 bridgehead atoms. The fourth-order valence-electron chi connectivity index (χ4n) is 2.73. The van der Waals surface area contributed by atoms with Gasteiger partial charge in [-0.05, 0) is 42.8 Å². The molecular formula is C21H22N2O3S2. The van der Waals surface area contributed by atoms with Crippen LogP contribution in [0.2, 0.25) is 0 Å². The second-order valence-corrected chi connectivity index (χ2v) is 9.91. The fraction of sp³-hybridized carbons (Fsp3) is 0.238. The van der Waals surface area contributed by atoms with E-state index in [4.69, 9.17) is 0 Å². The number of hydrogen-bond donors (Lipinski definition) is 1. The topological polar surface area (TPSA) is 76.1 Å². The van der Waals surface area contributed by atoms with Gasteiger partial charge in [0.05, 0.1) is 15.6 Å². The molecule has 7 heteroatoms. The number of nitrogens with zero attached hydrogens (tertiary/aromatic N) is 1. The number of carbonyl (C=O) groups excluding carboxylic acids is 1. The number of amides is 1. The van der Waals surface area contributed by atoms with Gasteiger partial charge in [0.25, 0.3) is 5.91 Å². The third-order valence-electron chi connectivity index (χ3n) is 4.33. The van der Waals surface area contributed by atoms with Crippen LogP contribution in [0, 0.1) is 6.92 Å². The quantitative estimate of drug-likeness (QED) is 0.644. The number of carbonyl (C=O) groups is 1. The number of benzene rings is 2. The molecule has 0 unspecified atom stereocenters. The normalized spacial score (nSPS) is 11.6. The lowest BCUT2D eigenvalue weighted by molar-refractivity contribution is 0.102. The Kier molecular flexibility index (Phi) is 5.67. The molecule has 146 valence electrons. The summed E-state index contributed by atoms with van der Waals surface area (Å²) in [7, 11) is -3.30. The number of hydrogen-bond acceptors (Lipinski definition) is 5. The van der Waals surface area contributed by atoms with Crippen molar-refractivity contribution < 1.29 is 13.2 Å². The summed E-state index contributed by atoms with van der Waals surface area (Å²) < 4.78 is 23.3. The minimum Gasteiger partial charge on any atom is -0.322 e. The van der Waals surface area contributed by atoms with E-state index in [1.165, 1.54) is 18.2 Å². The van der Waals surface area contributed by atoms with Crippen LogP contribution in [0.15, 0.2) is 52.7 Å². The van der Waals surface area contributed by atoms with Crippen molar-refractivity contribution in [3.8, 4) is 11.3 Å². The molecule has 3 rings (SSSR count).